The molecule has 4 heteroatoms. The van der Waals surface area contributed by atoms with Crippen LogP contribution in [0, 0.1) is 5.82 Å². The first-order valence-corrected chi connectivity index (χ1v) is 12.2. The zero-order chi connectivity index (χ0) is 23.9. The topological polar surface area (TPSA) is 46.2 Å². The molecule has 0 radical (unpaired) electrons. The maximum absolute atomic E-state index is 13.8. The number of nitrogens with one attached hydrogen (secondary N) is 1. The summed E-state index contributed by atoms with van der Waals surface area (Å²) in [5.41, 5.74) is 6.26. The summed E-state index contributed by atoms with van der Waals surface area (Å²) in [6.07, 6.45) is 2.24. The van der Waals surface area contributed by atoms with E-state index in [1.54, 1.807) is 12.1 Å². The summed E-state index contributed by atoms with van der Waals surface area (Å²) in [6, 6.07) is 26.5. The number of hydrogen-bond donors (Lipinski definition) is 1. The van der Waals surface area contributed by atoms with Gasteiger partial charge in [-0.1, -0.05) is 72.8 Å². The smallest absolute Gasteiger partial charge is 0.162 e. The lowest BCUT2D eigenvalue weighted by Crippen LogP contribution is -2.38. The number of rotatable bonds is 3. The van der Waals surface area contributed by atoms with E-state index in [1.807, 2.05) is 36.4 Å². The Morgan fingerprint density at radius 1 is 0.571 bits per heavy atom. The van der Waals surface area contributed by atoms with Gasteiger partial charge < -0.3 is 5.32 Å². The fraction of sp³-hybridized carbons (Fsp3) is 0.226. The number of benzene rings is 3. The molecule has 0 amide bonds. The van der Waals surface area contributed by atoms with Crippen molar-refractivity contribution >= 4 is 11.6 Å². The van der Waals surface area contributed by atoms with E-state index in [9.17, 15) is 14.0 Å². The van der Waals surface area contributed by atoms with Crippen molar-refractivity contribution in [3.05, 3.63) is 130 Å². The molecule has 0 spiro atoms. The van der Waals surface area contributed by atoms with E-state index in [0.717, 1.165) is 28.1 Å². The van der Waals surface area contributed by atoms with Crippen LogP contribution in [0.5, 0.6) is 0 Å². The Morgan fingerprint density at radius 3 is 1.49 bits per heavy atom. The van der Waals surface area contributed by atoms with Gasteiger partial charge in [0.2, 0.25) is 0 Å². The number of Topliss-reactive ketones (excluding diaryl/α,β-unsaturated/α-hetero) is 2. The van der Waals surface area contributed by atoms with Crippen LogP contribution in [0.1, 0.15) is 60.1 Å². The highest BCUT2D eigenvalue weighted by Gasteiger charge is 2.43. The molecule has 0 fully saturated rings. The molecule has 0 saturated carbocycles. The van der Waals surface area contributed by atoms with E-state index in [-0.39, 0.29) is 29.2 Å². The van der Waals surface area contributed by atoms with Crippen molar-refractivity contribution in [3.8, 4) is 0 Å². The quantitative estimate of drug-likeness (QED) is 0.495. The predicted octanol–water partition coefficient (Wildman–Crippen LogP) is 6.31. The molecule has 0 aromatic heterocycles. The maximum atomic E-state index is 13.8. The Balaban J connectivity index is 1.44. The highest BCUT2D eigenvalue weighted by Crippen LogP contribution is 2.49. The van der Waals surface area contributed by atoms with Gasteiger partial charge >= 0.3 is 0 Å². The monoisotopic (exact) mass is 463 g/mol. The van der Waals surface area contributed by atoms with Crippen molar-refractivity contribution < 1.29 is 14.0 Å². The molecule has 2 unspecified atom stereocenters. The van der Waals surface area contributed by atoms with Crippen LogP contribution in [-0.2, 0) is 9.59 Å². The number of carbonyl (C=O) groups excluding carboxylic acids is 2. The molecular weight excluding hydrogens is 437 g/mol. The zero-order valence-corrected chi connectivity index (χ0v) is 19.3. The molecule has 0 saturated heterocycles. The molecular formula is C31H26FNO2. The summed E-state index contributed by atoms with van der Waals surface area (Å²) < 4.78 is 13.8. The first kappa shape index (κ1) is 21.7. The lowest BCUT2D eigenvalue weighted by molar-refractivity contribution is -0.117. The second kappa shape index (κ2) is 8.77. The molecule has 2 aliphatic carbocycles. The van der Waals surface area contributed by atoms with Crippen molar-refractivity contribution in [2.45, 2.75) is 43.4 Å². The van der Waals surface area contributed by atoms with Gasteiger partial charge in [0.05, 0.1) is 0 Å². The lowest BCUT2D eigenvalue weighted by Gasteiger charge is -2.40. The molecule has 0 bridgehead atoms. The van der Waals surface area contributed by atoms with E-state index in [1.165, 1.54) is 12.1 Å². The van der Waals surface area contributed by atoms with Gasteiger partial charge in [0.1, 0.15) is 5.82 Å². The van der Waals surface area contributed by atoms with E-state index >= 15 is 0 Å². The Hall–Kier alpha value is -3.79. The van der Waals surface area contributed by atoms with Gasteiger partial charge in [-0.05, 0) is 53.5 Å². The normalized spacial score (nSPS) is 24.1. The van der Waals surface area contributed by atoms with Crippen molar-refractivity contribution in [1.82, 2.24) is 5.32 Å². The molecule has 174 valence electrons. The van der Waals surface area contributed by atoms with Crippen molar-refractivity contribution in [3.63, 3.8) is 0 Å². The predicted molar refractivity (Wildman–Crippen MR) is 133 cm³/mol. The summed E-state index contributed by atoms with van der Waals surface area (Å²) in [6.45, 7) is 0. The van der Waals surface area contributed by atoms with E-state index < -0.39 is 5.92 Å². The molecule has 35 heavy (non-hydrogen) atoms. The van der Waals surface area contributed by atoms with E-state index in [4.69, 9.17) is 0 Å². The largest absolute Gasteiger partial charge is 0.362 e. The minimum atomic E-state index is -0.449. The lowest BCUT2D eigenvalue weighted by atomic mass is 9.67. The Labute approximate surface area is 204 Å². The highest BCUT2D eigenvalue weighted by atomic mass is 19.1. The summed E-state index contributed by atoms with van der Waals surface area (Å²) in [7, 11) is 0. The highest BCUT2D eigenvalue weighted by molar-refractivity contribution is 6.07. The third-order valence-electron chi connectivity index (χ3n) is 7.64. The van der Waals surface area contributed by atoms with Crippen molar-refractivity contribution in [2.24, 2.45) is 0 Å². The minimum absolute atomic E-state index is 0.0615. The number of halogens is 1. The van der Waals surface area contributed by atoms with Gasteiger partial charge in [0.15, 0.2) is 11.6 Å². The van der Waals surface area contributed by atoms with Crippen LogP contribution in [0.25, 0.3) is 0 Å². The summed E-state index contributed by atoms with van der Waals surface area (Å²) in [5, 5.41) is 3.57. The van der Waals surface area contributed by atoms with Gasteiger partial charge in [-0.25, -0.2) is 4.39 Å². The number of allylic oxidation sites excluding steroid dienone is 4. The molecule has 2 atom stereocenters. The molecule has 3 nitrogen and oxygen atoms in total. The van der Waals surface area contributed by atoms with E-state index in [0.29, 0.717) is 36.8 Å². The molecule has 1 aliphatic heterocycles. The van der Waals surface area contributed by atoms with Crippen molar-refractivity contribution in [1.29, 1.82) is 0 Å². The molecule has 3 aromatic carbocycles. The van der Waals surface area contributed by atoms with Gasteiger partial charge in [0, 0.05) is 41.3 Å². The van der Waals surface area contributed by atoms with Crippen LogP contribution in [0.3, 0.4) is 0 Å². The first-order valence-electron chi connectivity index (χ1n) is 12.2. The number of dihydropyridines is 1. The third-order valence-corrected chi connectivity index (χ3v) is 7.64. The molecule has 3 aromatic rings. The van der Waals surface area contributed by atoms with Crippen molar-refractivity contribution in [2.75, 3.05) is 0 Å². The Bertz CT molecular complexity index is 1270. The minimum Gasteiger partial charge on any atom is -0.362 e. The van der Waals surface area contributed by atoms with Gasteiger partial charge in [-0.15, -0.1) is 0 Å². The van der Waals surface area contributed by atoms with Crippen LogP contribution in [0.2, 0.25) is 0 Å². The fourth-order valence-electron chi connectivity index (χ4n) is 6.01. The van der Waals surface area contributed by atoms with Crippen LogP contribution < -0.4 is 5.32 Å². The first-order chi connectivity index (χ1) is 17.1. The fourth-order valence-corrected chi connectivity index (χ4v) is 6.01. The number of hydrogen-bond acceptors (Lipinski definition) is 3. The Kier molecular flexibility index (Phi) is 5.44. The van der Waals surface area contributed by atoms with Crippen LogP contribution >= 0.6 is 0 Å². The second-order valence-corrected chi connectivity index (χ2v) is 9.77. The molecule has 3 aliphatic rings. The van der Waals surface area contributed by atoms with Crippen LogP contribution in [-0.4, -0.2) is 11.6 Å². The summed E-state index contributed by atoms with van der Waals surface area (Å²) in [5.74, 6) is -0.470. The molecule has 6 rings (SSSR count). The van der Waals surface area contributed by atoms with Crippen LogP contribution in [0.4, 0.5) is 4.39 Å². The van der Waals surface area contributed by atoms with Crippen LogP contribution in [0.15, 0.2) is 107 Å². The second-order valence-electron chi connectivity index (χ2n) is 9.77. The summed E-state index contributed by atoms with van der Waals surface area (Å²) in [4.78, 5) is 27.2. The number of carbonyl (C=O) groups is 2. The zero-order valence-electron chi connectivity index (χ0n) is 19.3. The average molecular weight is 464 g/mol. The van der Waals surface area contributed by atoms with Gasteiger partial charge in [0.25, 0.3) is 0 Å². The van der Waals surface area contributed by atoms with E-state index in [2.05, 4.69) is 29.6 Å². The van der Waals surface area contributed by atoms with Gasteiger partial charge in [-0.2, -0.15) is 0 Å². The summed E-state index contributed by atoms with van der Waals surface area (Å²) >= 11 is 0. The Morgan fingerprint density at radius 2 is 1.03 bits per heavy atom. The molecule has 1 heterocycles. The third kappa shape index (κ3) is 3.93. The standard InChI is InChI=1S/C31H26FNO2/c32-24-13-11-21(12-14-24)29-30-25(15-22(17-27(30)34)19-7-3-1-4-8-19)33-26-16-23(18-28(35)31(26)29)20-9-5-2-6-10-20/h1-14,22-23,29,33H,15-18H2. The molecule has 1 N–H and O–H groups in total. The SMILES string of the molecule is O=C1CC(c2ccccc2)CC2=C1C(c1ccc(F)cc1)C1=C(CC(c3ccccc3)CC1=O)N2. The maximum Gasteiger partial charge on any atom is 0.162 e. The van der Waals surface area contributed by atoms with Gasteiger partial charge in [-0.3, -0.25) is 9.59 Å². The average Bonchev–Trinajstić information content (AvgIpc) is 2.89. The number of ketones is 2.